The molecule has 0 spiro atoms. The van der Waals surface area contributed by atoms with Crippen LogP contribution in [0.1, 0.15) is 22.5 Å². The molecule has 2 aromatic rings. The van der Waals surface area contributed by atoms with Gasteiger partial charge in [0, 0.05) is 17.2 Å². The molecular formula is C17H12FNO3. The van der Waals surface area contributed by atoms with Gasteiger partial charge in [-0.25, -0.2) is 9.18 Å². The van der Waals surface area contributed by atoms with Crippen LogP contribution in [-0.4, -0.2) is 16.2 Å². The molecule has 0 bridgehead atoms. The van der Waals surface area contributed by atoms with E-state index < -0.39 is 5.97 Å². The van der Waals surface area contributed by atoms with Gasteiger partial charge in [0.25, 0.3) is 0 Å². The van der Waals surface area contributed by atoms with Gasteiger partial charge in [-0.3, -0.25) is 0 Å². The molecule has 0 aliphatic heterocycles. The number of carboxylic acids is 1. The van der Waals surface area contributed by atoms with Gasteiger partial charge in [0.1, 0.15) is 11.5 Å². The van der Waals surface area contributed by atoms with Crippen LogP contribution in [0.25, 0.3) is 16.9 Å². The highest BCUT2D eigenvalue weighted by molar-refractivity contribution is 5.88. The van der Waals surface area contributed by atoms with Gasteiger partial charge >= 0.3 is 5.97 Å². The van der Waals surface area contributed by atoms with Crippen LogP contribution >= 0.6 is 0 Å². The van der Waals surface area contributed by atoms with E-state index in [-0.39, 0.29) is 11.4 Å². The fourth-order valence-corrected chi connectivity index (χ4v) is 2.13. The summed E-state index contributed by atoms with van der Waals surface area (Å²) in [5.41, 5.74) is 1.63. The average Bonchev–Trinajstić information content (AvgIpc) is 2.90. The van der Waals surface area contributed by atoms with Crippen molar-refractivity contribution in [1.29, 1.82) is 0 Å². The van der Waals surface area contributed by atoms with Crippen molar-refractivity contribution in [3.8, 4) is 11.3 Å². The van der Waals surface area contributed by atoms with Gasteiger partial charge < -0.3 is 9.63 Å². The number of rotatable bonds is 3. The predicted octanol–water partition coefficient (Wildman–Crippen LogP) is 4.24. The van der Waals surface area contributed by atoms with E-state index in [9.17, 15) is 9.18 Å². The maximum absolute atomic E-state index is 13.9. The van der Waals surface area contributed by atoms with E-state index in [1.807, 2.05) is 6.08 Å². The SMILES string of the molecule is O=C(O)c1ccc(-c2cc(C3=C(F)C=CCC=C3)no2)cc1. The molecule has 5 heteroatoms. The Morgan fingerprint density at radius 3 is 2.64 bits per heavy atom. The van der Waals surface area contributed by atoms with Crippen molar-refractivity contribution in [1.82, 2.24) is 5.16 Å². The Morgan fingerprint density at radius 1 is 1.18 bits per heavy atom. The third-order valence-electron chi connectivity index (χ3n) is 3.28. The monoisotopic (exact) mass is 297 g/mol. The summed E-state index contributed by atoms with van der Waals surface area (Å²) in [5.74, 6) is -0.906. The molecule has 4 nitrogen and oxygen atoms in total. The zero-order chi connectivity index (χ0) is 15.5. The molecule has 1 aliphatic rings. The fraction of sp³-hybridized carbons (Fsp3) is 0.0588. The second kappa shape index (κ2) is 5.81. The number of hydrogen-bond acceptors (Lipinski definition) is 3. The molecule has 0 radical (unpaired) electrons. The van der Waals surface area contributed by atoms with Crippen LogP contribution in [-0.2, 0) is 0 Å². The Kier molecular flexibility index (Phi) is 3.70. The number of halogens is 1. The number of carboxylic acid groups (broad SMARTS) is 1. The summed E-state index contributed by atoms with van der Waals surface area (Å²) in [7, 11) is 0. The molecule has 22 heavy (non-hydrogen) atoms. The topological polar surface area (TPSA) is 63.3 Å². The van der Waals surface area contributed by atoms with E-state index in [0.29, 0.717) is 29.0 Å². The Morgan fingerprint density at radius 2 is 1.91 bits per heavy atom. The van der Waals surface area contributed by atoms with Crippen LogP contribution in [0.5, 0.6) is 0 Å². The van der Waals surface area contributed by atoms with E-state index in [2.05, 4.69) is 5.16 Å². The fourth-order valence-electron chi connectivity index (χ4n) is 2.13. The zero-order valence-electron chi connectivity index (χ0n) is 11.5. The van der Waals surface area contributed by atoms with Crippen molar-refractivity contribution in [2.45, 2.75) is 6.42 Å². The molecule has 110 valence electrons. The van der Waals surface area contributed by atoms with Crippen LogP contribution < -0.4 is 0 Å². The second-order valence-electron chi connectivity index (χ2n) is 4.76. The lowest BCUT2D eigenvalue weighted by molar-refractivity contribution is 0.0697. The lowest BCUT2D eigenvalue weighted by atomic mass is 10.1. The van der Waals surface area contributed by atoms with Crippen molar-refractivity contribution in [2.75, 3.05) is 0 Å². The lowest BCUT2D eigenvalue weighted by Gasteiger charge is -1.97. The van der Waals surface area contributed by atoms with Crippen LogP contribution in [0.15, 0.2) is 65.0 Å². The molecule has 0 saturated carbocycles. The second-order valence-corrected chi connectivity index (χ2v) is 4.76. The first-order valence-electron chi connectivity index (χ1n) is 6.69. The Bertz CT molecular complexity index is 798. The minimum atomic E-state index is -0.993. The highest BCUT2D eigenvalue weighted by atomic mass is 19.1. The highest BCUT2D eigenvalue weighted by Crippen LogP contribution is 2.28. The Balaban J connectivity index is 1.94. The maximum Gasteiger partial charge on any atom is 0.335 e. The summed E-state index contributed by atoms with van der Waals surface area (Å²) in [5, 5.41) is 12.8. The molecule has 0 fully saturated rings. The Hall–Kier alpha value is -2.95. The van der Waals surface area contributed by atoms with Gasteiger partial charge in [0.15, 0.2) is 5.76 Å². The number of aromatic nitrogens is 1. The largest absolute Gasteiger partial charge is 0.478 e. The van der Waals surface area contributed by atoms with Crippen molar-refractivity contribution in [3.05, 3.63) is 71.7 Å². The van der Waals surface area contributed by atoms with Crippen molar-refractivity contribution in [3.63, 3.8) is 0 Å². The van der Waals surface area contributed by atoms with Gasteiger partial charge in [-0.15, -0.1) is 0 Å². The first-order chi connectivity index (χ1) is 10.6. The summed E-state index contributed by atoms with van der Waals surface area (Å²) in [4.78, 5) is 10.8. The van der Waals surface area contributed by atoms with Crippen LogP contribution in [0.3, 0.4) is 0 Å². The van der Waals surface area contributed by atoms with E-state index in [1.165, 1.54) is 18.2 Å². The van der Waals surface area contributed by atoms with E-state index in [1.54, 1.807) is 30.4 Å². The van der Waals surface area contributed by atoms with Crippen LogP contribution in [0.4, 0.5) is 4.39 Å². The zero-order valence-corrected chi connectivity index (χ0v) is 11.5. The molecule has 0 atom stereocenters. The number of hydrogen-bond donors (Lipinski definition) is 1. The summed E-state index contributed by atoms with van der Waals surface area (Å²) in [6, 6.07) is 7.85. The molecule has 1 aromatic heterocycles. The Labute approximate surface area is 125 Å². The van der Waals surface area contributed by atoms with Gasteiger partial charge in [-0.05, 0) is 24.6 Å². The standard InChI is InChI=1S/C17H12FNO3/c18-14-5-3-1-2-4-13(14)15-10-16(22-19-15)11-6-8-12(9-7-11)17(20)21/h2-10H,1H2,(H,20,21). The summed E-state index contributed by atoms with van der Waals surface area (Å²) < 4.78 is 19.2. The maximum atomic E-state index is 13.9. The summed E-state index contributed by atoms with van der Waals surface area (Å²) >= 11 is 0. The molecule has 3 rings (SSSR count). The van der Waals surface area contributed by atoms with Crippen LogP contribution in [0.2, 0.25) is 0 Å². The average molecular weight is 297 g/mol. The first-order valence-corrected chi connectivity index (χ1v) is 6.69. The van der Waals surface area contributed by atoms with Gasteiger partial charge in [0.2, 0.25) is 0 Å². The quantitative estimate of drug-likeness (QED) is 0.920. The van der Waals surface area contributed by atoms with Crippen molar-refractivity contribution in [2.24, 2.45) is 0 Å². The smallest absolute Gasteiger partial charge is 0.335 e. The van der Waals surface area contributed by atoms with Gasteiger partial charge in [-0.1, -0.05) is 35.5 Å². The normalized spacial score (nSPS) is 14.2. The molecule has 0 saturated heterocycles. The highest BCUT2D eigenvalue weighted by Gasteiger charge is 2.13. The summed E-state index contributed by atoms with van der Waals surface area (Å²) in [6.07, 6.45) is 7.31. The first kappa shape index (κ1) is 14.0. The third kappa shape index (κ3) is 2.74. The number of aromatic carboxylic acids is 1. The molecule has 1 aliphatic carbocycles. The third-order valence-corrected chi connectivity index (χ3v) is 3.28. The number of benzene rings is 1. The van der Waals surface area contributed by atoms with E-state index >= 15 is 0 Å². The molecule has 0 unspecified atom stereocenters. The van der Waals surface area contributed by atoms with Crippen molar-refractivity contribution >= 4 is 11.5 Å². The predicted molar refractivity (Wildman–Crippen MR) is 79.8 cm³/mol. The molecule has 1 heterocycles. The molecule has 1 aromatic carbocycles. The molecular weight excluding hydrogens is 285 g/mol. The number of nitrogens with zero attached hydrogens (tertiary/aromatic N) is 1. The number of carbonyl (C=O) groups is 1. The van der Waals surface area contributed by atoms with Gasteiger partial charge in [0.05, 0.1) is 5.56 Å². The van der Waals surface area contributed by atoms with Crippen LogP contribution in [0, 0.1) is 0 Å². The summed E-state index contributed by atoms with van der Waals surface area (Å²) in [6.45, 7) is 0. The van der Waals surface area contributed by atoms with Crippen molar-refractivity contribution < 1.29 is 18.8 Å². The molecule has 1 N–H and O–H groups in total. The van der Waals surface area contributed by atoms with E-state index in [4.69, 9.17) is 9.63 Å². The molecule has 0 amide bonds. The van der Waals surface area contributed by atoms with E-state index in [0.717, 1.165) is 0 Å². The lowest BCUT2D eigenvalue weighted by Crippen LogP contribution is -1.94. The minimum absolute atomic E-state index is 0.189. The van der Waals surface area contributed by atoms with Gasteiger partial charge in [-0.2, -0.15) is 0 Å². The minimum Gasteiger partial charge on any atom is -0.478 e. The number of allylic oxidation sites excluding steroid dienone is 6.